The van der Waals surface area contributed by atoms with E-state index in [1.54, 1.807) is 42.5 Å². The quantitative estimate of drug-likeness (QED) is 0.874. The van der Waals surface area contributed by atoms with E-state index in [0.717, 1.165) is 4.90 Å². The summed E-state index contributed by atoms with van der Waals surface area (Å²) in [6, 6.07) is 13.3. The molecule has 0 aliphatic carbocycles. The summed E-state index contributed by atoms with van der Waals surface area (Å²) in [7, 11) is 0. The van der Waals surface area contributed by atoms with Crippen LogP contribution in [0.3, 0.4) is 0 Å². The minimum atomic E-state index is -1.32. The summed E-state index contributed by atoms with van der Waals surface area (Å²) in [4.78, 5) is 37.1. The molecular weight excluding hydrogens is 270 g/mol. The molecule has 0 saturated heterocycles. The number of carbonyl (C=O) groups excluding carboxylic acids is 2. The number of rotatable bonds is 3. The van der Waals surface area contributed by atoms with Crippen molar-refractivity contribution in [2.75, 3.05) is 0 Å². The monoisotopic (exact) mass is 281 g/mol. The first-order chi connectivity index (χ1) is 10.1. The van der Waals surface area contributed by atoms with Crippen molar-refractivity contribution in [3.05, 3.63) is 71.3 Å². The molecular formula is C16H11NO4. The standard InChI is InChI=1S/C16H11NO4/c18-14-11-8-4-5-9-12(11)15(19)17(14)13(16(20)21)10-6-2-1-3-7-10/h1-9,13H,(H,20,21)/t13-/m0/s1. The van der Waals surface area contributed by atoms with Crippen molar-refractivity contribution in [1.82, 2.24) is 4.90 Å². The van der Waals surface area contributed by atoms with Crippen LogP contribution in [0, 0.1) is 0 Å². The first kappa shape index (κ1) is 13.1. The van der Waals surface area contributed by atoms with Crippen LogP contribution >= 0.6 is 0 Å². The number of carboxylic acids is 1. The molecule has 1 aliphatic rings. The smallest absolute Gasteiger partial charge is 0.331 e. The molecule has 1 atom stereocenters. The van der Waals surface area contributed by atoms with Gasteiger partial charge in [-0.05, 0) is 17.7 Å². The lowest BCUT2D eigenvalue weighted by Crippen LogP contribution is -2.38. The van der Waals surface area contributed by atoms with Crippen LogP contribution < -0.4 is 0 Å². The van der Waals surface area contributed by atoms with Gasteiger partial charge in [-0.1, -0.05) is 42.5 Å². The minimum absolute atomic E-state index is 0.240. The number of hydrogen-bond acceptors (Lipinski definition) is 3. The Morgan fingerprint density at radius 3 is 1.81 bits per heavy atom. The second kappa shape index (κ2) is 4.86. The third-order valence-corrected chi connectivity index (χ3v) is 3.43. The summed E-state index contributed by atoms with van der Waals surface area (Å²) in [5.74, 6) is -2.39. The van der Waals surface area contributed by atoms with E-state index in [2.05, 4.69) is 0 Å². The van der Waals surface area contributed by atoms with Crippen molar-refractivity contribution in [3.63, 3.8) is 0 Å². The fourth-order valence-corrected chi connectivity index (χ4v) is 2.48. The lowest BCUT2D eigenvalue weighted by Gasteiger charge is -2.22. The van der Waals surface area contributed by atoms with E-state index in [9.17, 15) is 19.5 Å². The lowest BCUT2D eigenvalue weighted by molar-refractivity contribution is -0.141. The summed E-state index contributed by atoms with van der Waals surface area (Å²) in [6.07, 6.45) is 0. The highest BCUT2D eigenvalue weighted by molar-refractivity contribution is 6.22. The topological polar surface area (TPSA) is 74.7 Å². The van der Waals surface area contributed by atoms with Crippen LogP contribution in [0.5, 0.6) is 0 Å². The Kier molecular flexibility index (Phi) is 3.02. The summed E-state index contributed by atoms with van der Waals surface area (Å²) >= 11 is 0. The van der Waals surface area contributed by atoms with Crippen LogP contribution in [0.15, 0.2) is 54.6 Å². The summed E-state index contributed by atoms with van der Waals surface area (Å²) in [6.45, 7) is 0. The van der Waals surface area contributed by atoms with Gasteiger partial charge in [0, 0.05) is 0 Å². The van der Waals surface area contributed by atoms with Gasteiger partial charge >= 0.3 is 5.97 Å². The van der Waals surface area contributed by atoms with Gasteiger partial charge in [0.1, 0.15) is 0 Å². The summed E-state index contributed by atoms with van der Waals surface area (Å²) in [5, 5.41) is 9.46. The molecule has 2 aromatic rings. The molecule has 0 saturated carbocycles. The normalized spacial score (nSPS) is 15.0. The van der Waals surface area contributed by atoms with Crippen molar-refractivity contribution in [1.29, 1.82) is 0 Å². The van der Waals surface area contributed by atoms with Crippen LogP contribution in [-0.4, -0.2) is 27.8 Å². The molecule has 5 nitrogen and oxygen atoms in total. The Morgan fingerprint density at radius 1 is 0.857 bits per heavy atom. The Balaban J connectivity index is 2.09. The van der Waals surface area contributed by atoms with Gasteiger partial charge in [0.15, 0.2) is 6.04 Å². The SMILES string of the molecule is O=C(O)[C@H](c1ccccc1)N1C(=O)c2ccccc2C1=O. The predicted molar refractivity (Wildman–Crippen MR) is 73.8 cm³/mol. The van der Waals surface area contributed by atoms with Crippen molar-refractivity contribution in [2.45, 2.75) is 6.04 Å². The van der Waals surface area contributed by atoms with Crippen molar-refractivity contribution >= 4 is 17.8 Å². The molecule has 0 aromatic heterocycles. The summed E-state index contributed by atoms with van der Waals surface area (Å²) in [5.41, 5.74) is 0.869. The molecule has 0 radical (unpaired) electrons. The largest absolute Gasteiger partial charge is 0.479 e. The van der Waals surface area contributed by atoms with Crippen LogP contribution in [0.25, 0.3) is 0 Å². The number of nitrogens with zero attached hydrogens (tertiary/aromatic N) is 1. The molecule has 3 rings (SSSR count). The average Bonchev–Trinajstić information content (AvgIpc) is 2.74. The van der Waals surface area contributed by atoms with Gasteiger partial charge in [-0.25, -0.2) is 4.79 Å². The molecule has 2 aromatic carbocycles. The number of carboxylic acid groups (broad SMARTS) is 1. The highest BCUT2D eigenvalue weighted by atomic mass is 16.4. The third-order valence-electron chi connectivity index (χ3n) is 3.43. The van der Waals surface area contributed by atoms with Gasteiger partial charge in [0.2, 0.25) is 0 Å². The molecule has 0 bridgehead atoms. The minimum Gasteiger partial charge on any atom is -0.479 e. The zero-order chi connectivity index (χ0) is 15.0. The Hall–Kier alpha value is -2.95. The molecule has 0 spiro atoms. The number of carbonyl (C=O) groups is 3. The number of benzene rings is 2. The first-order valence-corrected chi connectivity index (χ1v) is 6.36. The molecule has 0 unspecified atom stereocenters. The van der Waals surface area contributed by atoms with Gasteiger partial charge in [-0.3, -0.25) is 14.5 Å². The second-order valence-electron chi connectivity index (χ2n) is 4.68. The maximum Gasteiger partial charge on any atom is 0.331 e. The predicted octanol–water partition coefficient (Wildman–Crippen LogP) is 2.11. The zero-order valence-corrected chi connectivity index (χ0v) is 10.9. The Morgan fingerprint density at radius 2 is 1.33 bits per heavy atom. The van der Waals surface area contributed by atoms with E-state index < -0.39 is 23.8 Å². The lowest BCUT2D eigenvalue weighted by atomic mass is 10.1. The molecule has 2 amide bonds. The molecule has 1 heterocycles. The number of hydrogen-bond donors (Lipinski definition) is 1. The van der Waals surface area contributed by atoms with E-state index in [1.807, 2.05) is 0 Å². The average molecular weight is 281 g/mol. The number of amides is 2. The van der Waals surface area contributed by atoms with Crippen LogP contribution in [-0.2, 0) is 4.79 Å². The van der Waals surface area contributed by atoms with Gasteiger partial charge in [0.25, 0.3) is 11.8 Å². The first-order valence-electron chi connectivity index (χ1n) is 6.36. The maximum atomic E-state index is 12.4. The van der Waals surface area contributed by atoms with Crippen LogP contribution in [0.2, 0.25) is 0 Å². The molecule has 21 heavy (non-hydrogen) atoms. The van der Waals surface area contributed by atoms with E-state index in [1.165, 1.54) is 12.1 Å². The fourth-order valence-electron chi connectivity index (χ4n) is 2.48. The van der Waals surface area contributed by atoms with Crippen LogP contribution in [0.1, 0.15) is 32.3 Å². The van der Waals surface area contributed by atoms with Crippen molar-refractivity contribution in [2.24, 2.45) is 0 Å². The number of aliphatic carboxylic acids is 1. The zero-order valence-electron chi connectivity index (χ0n) is 10.9. The number of imide groups is 1. The highest BCUT2D eigenvalue weighted by Crippen LogP contribution is 2.31. The van der Waals surface area contributed by atoms with Gasteiger partial charge in [0.05, 0.1) is 11.1 Å². The molecule has 1 aliphatic heterocycles. The van der Waals surface area contributed by atoms with E-state index in [0.29, 0.717) is 5.56 Å². The third kappa shape index (κ3) is 1.99. The molecule has 5 heteroatoms. The Bertz CT molecular complexity index is 704. The van der Waals surface area contributed by atoms with Crippen molar-refractivity contribution < 1.29 is 19.5 Å². The van der Waals surface area contributed by atoms with Gasteiger partial charge in [-0.15, -0.1) is 0 Å². The molecule has 0 fully saturated rings. The fraction of sp³-hybridized carbons (Fsp3) is 0.0625. The highest BCUT2D eigenvalue weighted by Gasteiger charge is 2.43. The van der Waals surface area contributed by atoms with E-state index in [4.69, 9.17) is 0 Å². The van der Waals surface area contributed by atoms with Crippen molar-refractivity contribution in [3.8, 4) is 0 Å². The second-order valence-corrected chi connectivity index (χ2v) is 4.68. The molecule has 104 valence electrons. The summed E-state index contributed by atoms with van der Waals surface area (Å²) < 4.78 is 0. The Labute approximate surface area is 120 Å². The maximum absolute atomic E-state index is 12.4. The van der Waals surface area contributed by atoms with E-state index >= 15 is 0 Å². The molecule has 1 N–H and O–H groups in total. The van der Waals surface area contributed by atoms with Crippen LogP contribution in [0.4, 0.5) is 0 Å². The van der Waals surface area contributed by atoms with Gasteiger partial charge < -0.3 is 5.11 Å². The number of fused-ring (bicyclic) bond motifs is 1. The van der Waals surface area contributed by atoms with Gasteiger partial charge in [-0.2, -0.15) is 0 Å². The van der Waals surface area contributed by atoms with E-state index in [-0.39, 0.29) is 11.1 Å².